The maximum absolute atomic E-state index is 11.5. The number of hydrogen-bond acceptors (Lipinski definition) is 3. The van der Waals surface area contributed by atoms with Gasteiger partial charge in [0.1, 0.15) is 0 Å². The van der Waals surface area contributed by atoms with Crippen LogP contribution in [0.5, 0.6) is 0 Å². The summed E-state index contributed by atoms with van der Waals surface area (Å²) in [6, 6.07) is 0.0274. The number of aliphatic hydroxyl groups excluding tert-OH is 1. The molecule has 1 fully saturated rings. The van der Waals surface area contributed by atoms with Crippen LogP contribution in [0, 0.1) is 5.92 Å². The number of aliphatic hydroxyl groups is 1. The second-order valence-electron chi connectivity index (χ2n) is 4.27. The third kappa shape index (κ3) is 2.93. The van der Waals surface area contributed by atoms with E-state index in [4.69, 9.17) is 5.11 Å². The molecule has 1 rings (SSSR count). The fourth-order valence-electron chi connectivity index (χ4n) is 1.72. The summed E-state index contributed by atoms with van der Waals surface area (Å²) < 4.78 is 25.7. The summed E-state index contributed by atoms with van der Waals surface area (Å²) in [4.78, 5) is 0. The fraction of sp³-hybridized carbons (Fsp3) is 1.00. The molecule has 2 N–H and O–H groups in total. The highest BCUT2D eigenvalue weighted by Crippen LogP contribution is 2.25. The maximum Gasteiger partial charge on any atom is 0.214 e. The Morgan fingerprint density at radius 3 is 2.50 bits per heavy atom. The van der Waals surface area contributed by atoms with Crippen LogP contribution in [0.15, 0.2) is 0 Å². The highest BCUT2D eigenvalue weighted by atomic mass is 32.2. The third-order valence-corrected chi connectivity index (χ3v) is 4.65. The van der Waals surface area contributed by atoms with Crippen molar-refractivity contribution in [3.8, 4) is 0 Å². The first-order valence-corrected chi connectivity index (χ1v) is 6.62. The molecule has 0 radical (unpaired) electrons. The van der Waals surface area contributed by atoms with Crippen molar-refractivity contribution >= 4 is 10.0 Å². The second kappa shape index (κ2) is 4.59. The van der Waals surface area contributed by atoms with Crippen molar-refractivity contribution in [1.82, 2.24) is 4.72 Å². The summed E-state index contributed by atoms with van der Waals surface area (Å²) in [7, 11) is -3.14. The summed E-state index contributed by atoms with van der Waals surface area (Å²) in [5.74, 6) is 0.273. The minimum Gasteiger partial charge on any atom is -0.396 e. The van der Waals surface area contributed by atoms with Gasteiger partial charge >= 0.3 is 0 Å². The normalized spacial score (nSPS) is 28.6. The van der Waals surface area contributed by atoms with E-state index in [1.54, 1.807) is 13.8 Å². The fourth-order valence-corrected chi connectivity index (χ4v) is 2.67. The summed E-state index contributed by atoms with van der Waals surface area (Å²) in [6.45, 7) is 3.50. The van der Waals surface area contributed by atoms with Gasteiger partial charge in [0.25, 0.3) is 0 Å². The molecule has 5 heteroatoms. The minimum atomic E-state index is -3.14. The molecule has 1 aliphatic carbocycles. The highest BCUT2D eigenvalue weighted by molar-refractivity contribution is 7.90. The van der Waals surface area contributed by atoms with Crippen molar-refractivity contribution in [2.45, 2.75) is 44.4 Å². The van der Waals surface area contributed by atoms with Crippen LogP contribution in [0.4, 0.5) is 0 Å². The molecule has 4 nitrogen and oxygen atoms in total. The van der Waals surface area contributed by atoms with Crippen LogP contribution in [0.3, 0.4) is 0 Å². The van der Waals surface area contributed by atoms with Gasteiger partial charge in [0.15, 0.2) is 0 Å². The molecule has 0 aromatic heterocycles. The van der Waals surface area contributed by atoms with E-state index >= 15 is 0 Å². The first-order valence-electron chi connectivity index (χ1n) is 5.07. The molecule has 0 aliphatic heterocycles. The van der Waals surface area contributed by atoms with Crippen molar-refractivity contribution < 1.29 is 13.5 Å². The lowest BCUT2D eigenvalue weighted by molar-refractivity contribution is 0.228. The van der Waals surface area contributed by atoms with Crippen molar-refractivity contribution in [3.63, 3.8) is 0 Å². The second-order valence-corrected chi connectivity index (χ2v) is 6.54. The molecular formula is C9H19NO3S. The molecule has 0 spiro atoms. The predicted molar refractivity (Wildman–Crippen MR) is 55.4 cm³/mol. The summed E-state index contributed by atoms with van der Waals surface area (Å²) >= 11 is 0. The van der Waals surface area contributed by atoms with Crippen molar-refractivity contribution in [2.75, 3.05) is 6.61 Å². The van der Waals surface area contributed by atoms with Gasteiger partial charge in [-0.25, -0.2) is 13.1 Å². The van der Waals surface area contributed by atoms with Gasteiger partial charge in [-0.3, -0.25) is 0 Å². The van der Waals surface area contributed by atoms with Crippen LogP contribution < -0.4 is 4.72 Å². The summed E-state index contributed by atoms with van der Waals surface area (Å²) in [5.41, 5.74) is 0. The molecule has 1 saturated carbocycles. The van der Waals surface area contributed by atoms with Gasteiger partial charge in [0, 0.05) is 12.6 Å². The lowest BCUT2D eigenvalue weighted by Crippen LogP contribution is -2.37. The topological polar surface area (TPSA) is 66.4 Å². The van der Waals surface area contributed by atoms with E-state index in [0.29, 0.717) is 0 Å². The molecule has 0 saturated heterocycles. The van der Waals surface area contributed by atoms with Gasteiger partial charge < -0.3 is 5.11 Å². The first kappa shape index (κ1) is 11.9. The van der Waals surface area contributed by atoms with Gasteiger partial charge in [-0.05, 0) is 39.0 Å². The lowest BCUT2D eigenvalue weighted by atomic mass is 10.1. The molecule has 14 heavy (non-hydrogen) atoms. The molecule has 0 aromatic rings. The van der Waals surface area contributed by atoms with E-state index in [1.807, 2.05) is 0 Å². The number of rotatable bonds is 4. The summed E-state index contributed by atoms with van der Waals surface area (Å²) in [5, 5.41) is 8.54. The molecule has 1 aliphatic rings. The largest absolute Gasteiger partial charge is 0.396 e. The molecule has 0 amide bonds. The molecular weight excluding hydrogens is 202 g/mol. The first-order chi connectivity index (χ1) is 6.45. The Kier molecular flexibility index (Phi) is 3.92. The van der Waals surface area contributed by atoms with Crippen LogP contribution in [0.25, 0.3) is 0 Å². The van der Waals surface area contributed by atoms with Gasteiger partial charge in [-0.2, -0.15) is 0 Å². The van der Waals surface area contributed by atoms with Crippen molar-refractivity contribution in [1.29, 1.82) is 0 Å². The molecule has 0 unspecified atom stereocenters. The van der Waals surface area contributed by atoms with Crippen LogP contribution in [0.1, 0.15) is 33.1 Å². The Hall–Kier alpha value is -0.130. The standard InChI is InChI=1S/C9H19NO3S/c1-7(2)14(12,13)10-9-4-3-8(5-9)6-11/h7-11H,3-6H2,1-2H3/t8-,9+/m0/s1. The van der Waals surface area contributed by atoms with E-state index < -0.39 is 10.0 Å². The maximum atomic E-state index is 11.5. The number of nitrogens with one attached hydrogen (secondary N) is 1. The number of hydrogen-bond donors (Lipinski definition) is 2. The zero-order chi connectivity index (χ0) is 10.8. The third-order valence-electron chi connectivity index (χ3n) is 2.75. The van der Waals surface area contributed by atoms with E-state index in [1.165, 1.54) is 0 Å². The lowest BCUT2D eigenvalue weighted by Gasteiger charge is -2.15. The Labute approximate surface area is 85.8 Å². The van der Waals surface area contributed by atoms with E-state index in [0.717, 1.165) is 19.3 Å². The molecule has 84 valence electrons. The van der Waals surface area contributed by atoms with Gasteiger partial charge in [0.2, 0.25) is 10.0 Å². The van der Waals surface area contributed by atoms with Crippen LogP contribution >= 0.6 is 0 Å². The highest BCUT2D eigenvalue weighted by Gasteiger charge is 2.28. The monoisotopic (exact) mass is 221 g/mol. The minimum absolute atomic E-state index is 0.0274. The van der Waals surface area contributed by atoms with Gasteiger partial charge in [-0.15, -0.1) is 0 Å². The van der Waals surface area contributed by atoms with E-state index in [-0.39, 0.29) is 23.8 Å². The average molecular weight is 221 g/mol. The summed E-state index contributed by atoms with van der Waals surface area (Å²) in [6.07, 6.45) is 2.53. The van der Waals surface area contributed by atoms with Crippen molar-refractivity contribution in [3.05, 3.63) is 0 Å². The van der Waals surface area contributed by atoms with Gasteiger partial charge in [0.05, 0.1) is 5.25 Å². The molecule has 0 heterocycles. The Bertz CT molecular complexity index is 274. The van der Waals surface area contributed by atoms with E-state index in [2.05, 4.69) is 4.72 Å². The van der Waals surface area contributed by atoms with Crippen molar-refractivity contribution in [2.24, 2.45) is 5.92 Å². The smallest absolute Gasteiger partial charge is 0.214 e. The van der Waals surface area contributed by atoms with E-state index in [9.17, 15) is 8.42 Å². The van der Waals surface area contributed by atoms with Crippen LogP contribution in [0.2, 0.25) is 0 Å². The Balaban J connectivity index is 2.47. The molecule has 2 atom stereocenters. The molecule has 0 aromatic carbocycles. The Morgan fingerprint density at radius 1 is 1.43 bits per heavy atom. The van der Waals surface area contributed by atoms with Gasteiger partial charge in [-0.1, -0.05) is 0 Å². The van der Waals surface area contributed by atoms with Crippen LogP contribution in [-0.4, -0.2) is 31.4 Å². The SMILES string of the molecule is CC(C)S(=O)(=O)N[C@@H]1CC[C@H](CO)C1. The zero-order valence-electron chi connectivity index (χ0n) is 8.73. The zero-order valence-corrected chi connectivity index (χ0v) is 9.55. The quantitative estimate of drug-likeness (QED) is 0.725. The number of sulfonamides is 1. The Morgan fingerprint density at radius 2 is 2.07 bits per heavy atom. The molecule has 0 bridgehead atoms. The predicted octanol–water partition coefficient (Wildman–Crippen LogP) is 0.475. The van der Waals surface area contributed by atoms with Crippen LogP contribution in [-0.2, 0) is 10.0 Å². The average Bonchev–Trinajstić information content (AvgIpc) is 2.51.